The minimum absolute atomic E-state index is 0.284. The van der Waals surface area contributed by atoms with E-state index in [9.17, 15) is 25.5 Å². The fraction of sp³-hybridized carbons (Fsp3) is 0.412. The van der Waals surface area contributed by atoms with Crippen LogP contribution in [0.2, 0.25) is 0 Å². The third-order valence-corrected chi connectivity index (χ3v) is 22.5. The van der Waals surface area contributed by atoms with Gasteiger partial charge in [-0.2, -0.15) is 0 Å². The van der Waals surface area contributed by atoms with Crippen LogP contribution in [0.5, 0.6) is 57.5 Å². The molecule has 5 atom stereocenters. The summed E-state index contributed by atoms with van der Waals surface area (Å²) in [6, 6.07) is 80.9. The Morgan fingerprint density at radius 2 is 0.438 bits per heavy atom. The summed E-state index contributed by atoms with van der Waals surface area (Å²) in [5.74, 6) is 8.62. The summed E-state index contributed by atoms with van der Waals surface area (Å²) in [6.45, 7) is 14.5. The van der Waals surface area contributed by atoms with Gasteiger partial charge >= 0.3 is 0 Å². The highest BCUT2D eigenvalue weighted by Crippen LogP contribution is 2.29. The van der Waals surface area contributed by atoms with Crippen LogP contribution in [0.3, 0.4) is 0 Å². The minimum atomic E-state index is -0.525. The molecule has 0 radical (unpaired) electrons. The Hall–Kier alpha value is -10.5. The Labute approximate surface area is 767 Å². The smallest absolute Gasteiger partial charge is 0.122 e. The van der Waals surface area contributed by atoms with Crippen LogP contribution in [0, 0.1) is 0 Å². The number of hydrogen-bond acceptors (Lipinski definition) is 28. The molecular weight excluding hydrogens is 1650 g/mol. The molecule has 700 valence electrons. The van der Waals surface area contributed by atoms with E-state index in [1.165, 1.54) is 27.8 Å². The van der Waals surface area contributed by atoms with Crippen LogP contribution in [0.25, 0.3) is 0 Å². The normalized spacial score (nSPS) is 15.8. The summed E-state index contributed by atoms with van der Waals surface area (Å²) in [6.07, 6.45) is 6.40. The van der Waals surface area contributed by atoms with Gasteiger partial charge in [-0.1, -0.05) is 152 Å². The molecule has 10 aromatic carbocycles. The predicted octanol–water partition coefficient (Wildman–Crippen LogP) is 8.80. The highest BCUT2D eigenvalue weighted by Gasteiger charge is 2.23. The number of hydrazine groups is 3. The first-order chi connectivity index (χ1) is 63.7. The summed E-state index contributed by atoms with van der Waals surface area (Å²) < 4.78 is 56.0. The molecule has 5 aliphatic heterocycles. The summed E-state index contributed by atoms with van der Waals surface area (Å²) in [7, 11) is 8.42. The quantitative estimate of drug-likeness (QED) is 0.0170. The van der Waals surface area contributed by atoms with E-state index >= 15 is 0 Å². The number of para-hydroxylation sites is 5. The lowest BCUT2D eigenvalue weighted by atomic mass is 10.0. The first-order valence-corrected chi connectivity index (χ1v) is 45.2. The Bertz CT molecular complexity index is 4130. The van der Waals surface area contributed by atoms with Gasteiger partial charge in [-0.15, -0.1) is 0 Å². The molecule has 0 aromatic heterocycles. The molecule has 28 heteroatoms. The van der Waals surface area contributed by atoms with Gasteiger partial charge in [0.15, 0.2) is 0 Å². The van der Waals surface area contributed by atoms with Crippen LogP contribution in [0.15, 0.2) is 243 Å². The van der Waals surface area contributed by atoms with E-state index in [1.807, 2.05) is 152 Å². The number of benzene rings is 10. The van der Waals surface area contributed by atoms with Gasteiger partial charge in [0.1, 0.15) is 121 Å². The molecule has 0 spiro atoms. The molecule has 0 bridgehead atoms. The zero-order valence-corrected chi connectivity index (χ0v) is 76.2. The van der Waals surface area contributed by atoms with Crippen LogP contribution in [0.4, 0.5) is 0 Å². The first-order valence-electron chi connectivity index (χ1n) is 45.2. The fourth-order valence-electron chi connectivity index (χ4n) is 15.5. The van der Waals surface area contributed by atoms with E-state index in [2.05, 4.69) is 159 Å². The van der Waals surface area contributed by atoms with E-state index in [0.29, 0.717) is 45.9 Å². The Balaban J connectivity index is 0.000000157. The highest BCUT2D eigenvalue weighted by atomic mass is 16.5. The Morgan fingerprint density at radius 3 is 0.631 bits per heavy atom. The Morgan fingerprint density at radius 1 is 0.238 bits per heavy atom. The second-order valence-electron chi connectivity index (χ2n) is 32.7. The summed E-state index contributed by atoms with van der Waals surface area (Å²) in [5, 5.41) is 57.5. The minimum Gasteiger partial charge on any atom is -0.497 e. The van der Waals surface area contributed by atoms with E-state index in [1.54, 1.807) is 35.5 Å². The van der Waals surface area contributed by atoms with Crippen molar-refractivity contribution < 1.29 is 72.9 Å². The van der Waals surface area contributed by atoms with Gasteiger partial charge in [0.05, 0.1) is 75.6 Å². The molecule has 130 heavy (non-hydrogen) atoms. The van der Waals surface area contributed by atoms with E-state index in [-0.39, 0.29) is 19.8 Å². The number of β-amino-alcohol motifs (C(OH)–C–C–N with tert-alkyl or cyclic N) is 5. The Kier molecular flexibility index (Phi) is 43.8. The van der Waals surface area contributed by atoms with Crippen LogP contribution < -0.4 is 90.6 Å². The number of aryl methyl sites for hydroxylation is 10. The van der Waals surface area contributed by atoms with Crippen LogP contribution in [-0.4, -0.2) is 261 Å². The van der Waals surface area contributed by atoms with Crippen molar-refractivity contribution in [2.45, 2.75) is 94.7 Å². The molecule has 5 aliphatic rings. The van der Waals surface area contributed by atoms with Crippen molar-refractivity contribution in [1.29, 1.82) is 0 Å². The second-order valence-corrected chi connectivity index (χ2v) is 32.7. The maximum absolute atomic E-state index is 10.2. The molecule has 0 amide bonds. The maximum Gasteiger partial charge on any atom is 0.122 e. The number of nitrogens with one attached hydrogen (secondary N) is 8. The number of ether oxygens (including phenoxy) is 10. The standard InChI is InChI=1S/2C21H28N2O3.3C20H27N3O3/c2*1-25-20-7-4-5-17(13-20)9-10-18-6-2-3-8-21(18)26-15-19(24)14-23-12-11-22-16-23;3*1-25-19-7-4-5-16(11-19)9-10-17-6-2-3-8-20(17)26-13-18(24)12-23-14-21-22-15-23/h2*2-8,13,19,22,24H,9-12,14-16H2,1H3;3*2-8,11,18,21-22,24H,9-10,12-15H2,1H3. The van der Waals surface area contributed by atoms with Gasteiger partial charge in [0.2, 0.25) is 0 Å². The number of nitrogens with zero attached hydrogens (tertiary/aromatic N) is 5. The summed E-state index contributed by atoms with van der Waals surface area (Å²) in [4.78, 5) is 10.7. The molecule has 5 fully saturated rings. The van der Waals surface area contributed by atoms with Crippen molar-refractivity contribution in [3.05, 3.63) is 298 Å². The van der Waals surface area contributed by atoms with E-state index in [4.69, 9.17) is 47.4 Å². The molecule has 13 N–H and O–H groups in total. The molecule has 0 saturated carbocycles. The topological polar surface area (TPSA) is 306 Å². The lowest BCUT2D eigenvalue weighted by Gasteiger charge is -2.20. The van der Waals surface area contributed by atoms with Gasteiger partial charge in [0, 0.05) is 72.2 Å². The highest BCUT2D eigenvalue weighted by molar-refractivity contribution is 5.41. The lowest BCUT2D eigenvalue weighted by Crippen LogP contribution is -2.35. The summed E-state index contributed by atoms with van der Waals surface area (Å²) >= 11 is 0. The molecule has 0 aliphatic carbocycles. The van der Waals surface area contributed by atoms with Gasteiger partial charge in [0.25, 0.3) is 0 Å². The molecule has 15 rings (SSSR count). The van der Waals surface area contributed by atoms with Crippen molar-refractivity contribution in [3.63, 3.8) is 0 Å². The van der Waals surface area contributed by atoms with Gasteiger partial charge in [-0.25, -0.2) is 32.6 Å². The van der Waals surface area contributed by atoms with Crippen molar-refractivity contribution in [1.82, 2.24) is 67.7 Å². The molecule has 5 unspecified atom stereocenters. The van der Waals surface area contributed by atoms with E-state index in [0.717, 1.165) is 229 Å². The molecule has 10 aromatic rings. The molecule has 5 saturated heterocycles. The second kappa shape index (κ2) is 56.9. The van der Waals surface area contributed by atoms with Crippen molar-refractivity contribution in [3.8, 4) is 57.5 Å². The van der Waals surface area contributed by atoms with Gasteiger partial charge in [-0.05, 0) is 211 Å². The summed E-state index contributed by atoms with van der Waals surface area (Å²) in [5.41, 5.74) is 30.0. The number of aliphatic hydroxyl groups is 5. The maximum atomic E-state index is 10.2. The average Bonchev–Trinajstić information content (AvgIpc) is 1.10. The number of rotatable bonds is 45. The van der Waals surface area contributed by atoms with Crippen LogP contribution in [-0.2, 0) is 64.2 Å². The molecule has 5 heterocycles. The third-order valence-electron chi connectivity index (χ3n) is 22.5. The number of aliphatic hydroxyl groups excluding tert-OH is 5. The first kappa shape index (κ1) is 100. The molecular formula is C102H137N13O15. The SMILES string of the molecule is COc1cccc(CCc2ccccc2OCC(O)CN2CCNC2)c1.COc1cccc(CCc2ccccc2OCC(O)CN2CCNC2)c1.COc1cccc(CCc2ccccc2OCC(O)CN2CNNC2)c1.COc1cccc(CCc2ccccc2OCC(O)CN2CNNC2)c1.COc1cccc(CCc2ccccc2OCC(O)CN2CNNC2)c1. The van der Waals surface area contributed by atoms with Crippen LogP contribution >= 0.6 is 0 Å². The number of methoxy groups -OCH3 is 5. The fourth-order valence-corrected chi connectivity index (χ4v) is 15.5. The van der Waals surface area contributed by atoms with Crippen molar-refractivity contribution in [2.24, 2.45) is 0 Å². The predicted molar refractivity (Wildman–Crippen MR) is 509 cm³/mol. The number of hydrogen-bond donors (Lipinski definition) is 13. The van der Waals surface area contributed by atoms with Crippen LogP contribution in [0.1, 0.15) is 55.6 Å². The lowest BCUT2D eigenvalue weighted by molar-refractivity contribution is 0.0744. The average molecular weight is 1790 g/mol. The monoisotopic (exact) mass is 1780 g/mol. The van der Waals surface area contributed by atoms with Crippen molar-refractivity contribution in [2.75, 3.05) is 181 Å². The zero-order chi connectivity index (χ0) is 91.0. The third kappa shape index (κ3) is 36.3. The van der Waals surface area contributed by atoms with Gasteiger partial charge in [-0.3, -0.25) is 24.5 Å². The van der Waals surface area contributed by atoms with Gasteiger partial charge < -0.3 is 83.5 Å². The van der Waals surface area contributed by atoms with E-state index < -0.39 is 30.5 Å². The zero-order valence-electron chi connectivity index (χ0n) is 76.2. The van der Waals surface area contributed by atoms with Crippen molar-refractivity contribution >= 4 is 0 Å². The largest absolute Gasteiger partial charge is 0.497 e. The molecule has 28 nitrogen and oxygen atoms in total.